The molecular weight excluding hydrogens is 202 g/mol. The Labute approximate surface area is 88.4 Å². The summed E-state index contributed by atoms with van der Waals surface area (Å²) in [6.07, 6.45) is 0.565. The molecule has 14 heavy (non-hydrogen) atoms. The number of hydrogen-bond donors (Lipinski definition) is 2. The van der Waals surface area contributed by atoms with Crippen molar-refractivity contribution < 1.29 is 9.94 Å². The van der Waals surface area contributed by atoms with Crippen LogP contribution in [-0.4, -0.2) is 11.7 Å². The van der Waals surface area contributed by atoms with Gasteiger partial charge in [0.05, 0.1) is 11.6 Å². The van der Waals surface area contributed by atoms with Crippen LogP contribution < -0.4 is 5.90 Å². The molecule has 0 aliphatic heterocycles. The molecule has 0 saturated heterocycles. The van der Waals surface area contributed by atoms with Gasteiger partial charge in [0.1, 0.15) is 5.75 Å². The third-order valence-electron chi connectivity index (χ3n) is 2.37. The Morgan fingerprint density at radius 1 is 1.50 bits per heavy atom. The van der Waals surface area contributed by atoms with Crippen LogP contribution in [0.5, 0.6) is 5.75 Å². The summed E-state index contributed by atoms with van der Waals surface area (Å²) in [5.41, 5.74) is 2.89. The quantitative estimate of drug-likeness (QED) is 0.760. The van der Waals surface area contributed by atoms with Crippen LogP contribution in [0.1, 0.15) is 16.7 Å². The molecule has 3 N–H and O–H groups in total. The minimum Gasteiger partial charge on any atom is -0.506 e. The van der Waals surface area contributed by atoms with Gasteiger partial charge in [-0.05, 0) is 31.0 Å². The summed E-state index contributed by atoms with van der Waals surface area (Å²) >= 11 is 5.85. The fraction of sp³-hybridized carbons (Fsp3) is 0.400. The second kappa shape index (κ2) is 4.64. The van der Waals surface area contributed by atoms with Crippen molar-refractivity contribution in [3.05, 3.63) is 27.8 Å². The average molecular weight is 216 g/mol. The normalized spacial score (nSPS) is 10.6. The highest BCUT2D eigenvalue weighted by Gasteiger charge is 2.11. The maximum Gasteiger partial charge on any atom is 0.137 e. The van der Waals surface area contributed by atoms with Crippen molar-refractivity contribution in [3.63, 3.8) is 0 Å². The van der Waals surface area contributed by atoms with Gasteiger partial charge >= 0.3 is 0 Å². The number of benzene rings is 1. The minimum absolute atomic E-state index is 0.131. The van der Waals surface area contributed by atoms with E-state index < -0.39 is 0 Å². The highest BCUT2D eigenvalue weighted by atomic mass is 35.5. The SMILES string of the molecule is Cc1cc(Cl)c(O)c(CCON)c1C. The molecule has 0 amide bonds. The molecule has 78 valence electrons. The molecule has 0 aliphatic rings. The molecule has 4 heteroatoms. The third kappa shape index (κ3) is 2.18. The molecule has 1 rings (SSSR count). The lowest BCUT2D eigenvalue weighted by atomic mass is 10.00. The average Bonchev–Trinajstić information content (AvgIpc) is 2.15. The van der Waals surface area contributed by atoms with E-state index in [9.17, 15) is 5.11 Å². The van der Waals surface area contributed by atoms with Crippen LogP contribution in [0.2, 0.25) is 5.02 Å². The second-order valence-corrected chi connectivity index (χ2v) is 3.66. The van der Waals surface area contributed by atoms with E-state index in [4.69, 9.17) is 17.5 Å². The molecule has 0 aliphatic carbocycles. The van der Waals surface area contributed by atoms with Crippen LogP contribution in [0.4, 0.5) is 0 Å². The number of nitrogens with two attached hydrogens (primary N) is 1. The van der Waals surface area contributed by atoms with Crippen LogP contribution in [0.15, 0.2) is 6.07 Å². The maximum atomic E-state index is 9.70. The monoisotopic (exact) mass is 215 g/mol. The summed E-state index contributed by atoms with van der Waals surface area (Å²) in [6, 6.07) is 1.75. The lowest BCUT2D eigenvalue weighted by Crippen LogP contribution is -2.05. The van der Waals surface area contributed by atoms with Gasteiger partial charge in [0, 0.05) is 12.0 Å². The molecular formula is C10H14ClNO2. The molecule has 0 unspecified atom stereocenters. The van der Waals surface area contributed by atoms with Gasteiger partial charge in [-0.3, -0.25) is 0 Å². The fourth-order valence-electron chi connectivity index (χ4n) is 1.39. The van der Waals surface area contributed by atoms with Crippen molar-refractivity contribution >= 4 is 11.6 Å². The number of halogens is 1. The zero-order valence-electron chi connectivity index (χ0n) is 8.30. The molecule has 0 radical (unpaired) electrons. The largest absolute Gasteiger partial charge is 0.506 e. The van der Waals surface area contributed by atoms with Crippen molar-refractivity contribution in [2.75, 3.05) is 6.61 Å². The smallest absolute Gasteiger partial charge is 0.137 e. The molecule has 0 aromatic heterocycles. The van der Waals surface area contributed by atoms with Gasteiger partial charge in [-0.1, -0.05) is 11.6 Å². The predicted molar refractivity (Wildman–Crippen MR) is 56.4 cm³/mol. The summed E-state index contributed by atoms with van der Waals surface area (Å²) in [5, 5.41) is 10.1. The molecule has 0 saturated carbocycles. The first-order valence-corrected chi connectivity index (χ1v) is 4.75. The number of phenolic OH excluding ortho intramolecular Hbond substituents is 1. The van der Waals surface area contributed by atoms with E-state index in [1.165, 1.54) is 0 Å². The van der Waals surface area contributed by atoms with Gasteiger partial charge in [0.15, 0.2) is 0 Å². The fourth-order valence-corrected chi connectivity index (χ4v) is 1.67. The van der Waals surface area contributed by atoms with Gasteiger partial charge in [-0.25, -0.2) is 5.90 Å². The van der Waals surface area contributed by atoms with Crippen LogP contribution >= 0.6 is 11.6 Å². The Kier molecular flexibility index (Phi) is 3.75. The molecule has 1 aromatic carbocycles. The van der Waals surface area contributed by atoms with E-state index >= 15 is 0 Å². The Morgan fingerprint density at radius 2 is 2.14 bits per heavy atom. The zero-order chi connectivity index (χ0) is 10.7. The van der Waals surface area contributed by atoms with Gasteiger partial charge < -0.3 is 9.94 Å². The number of aromatic hydroxyl groups is 1. The van der Waals surface area contributed by atoms with Crippen molar-refractivity contribution in [2.24, 2.45) is 5.90 Å². The van der Waals surface area contributed by atoms with E-state index in [1.54, 1.807) is 6.07 Å². The maximum absolute atomic E-state index is 9.70. The van der Waals surface area contributed by atoms with Crippen molar-refractivity contribution in [1.82, 2.24) is 0 Å². The van der Waals surface area contributed by atoms with Gasteiger partial charge in [0.25, 0.3) is 0 Å². The highest BCUT2D eigenvalue weighted by molar-refractivity contribution is 6.32. The molecule has 0 atom stereocenters. The Bertz CT molecular complexity index is 313. The van der Waals surface area contributed by atoms with E-state index in [0.29, 0.717) is 18.1 Å². The predicted octanol–water partition coefficient (Wildman–Crippen LogP) is 2.10. The summed E-state index contributed by atoms with van der Waals surface area (Å²) in [6.45, 7) is 4.26. The van der Waals surface area contributed by atoms with Gasteiger partial charge in [-0.2, -0.15) is 0 Å². The molecule has 0 spiro atoms. The van der Waals surface area contributed by atoms with Crippen LogP contribution in [0, 0.1) is 13.8 Å². The first-order valence-electron chi connectivity index (χ1n) is 4.37. The van der Waals surface area contributed by atoms with E-state index in [-0.39, 0.29) is 5.75 Å². The summed E-state index contributed by atoms with van der Waals surface area (Å²) in [5.74, 6) is 5.07. The second-order valence-electron chi connectivity index (χ2n) is 3.25. The van der Waals surface area contributed by atoms with Crippen LogP contribution in [0.25, 0.3) is 0 Å². The summed E-state index contributed by atoms with van der Waals surface area (Å²) in [4.78, 5) is 4.48. The van der Waals surface area contributed by atoms with E-state index in [0.717, 1.165) is 16.7 Å². The topological polar surface area (TPSA) is 55.5 Å². The molecule has 0 fully saturated rings. The first-order chi connectivity index (χ1) is 6.57. The van der Waals surface area contributed by atoms with Crippen LogP contribution in [-0.2, 0) is 11.3 Å². The standard InChI is InChI=1S/C10H14ClNO2/c1-6-5-9(11)10(13)8(7(6)2)3-4-14-12/h5,13H,3-4,12H2,1-2H3. The number of hydrogen-bond acceptors (Lipinski definition) is 3. The summed E-state index contributed by atoms with van der Waals surface area (Å²) in [7, 11) is 0. The Balaban J connectivity index is 3.11. The molecule has 0 bridgehead atoms. The van der Waals surface area contributed by atoms with Gasteiger partial charge in [-0.15, -0.1) is 0 Å². The Hall–Kier alpha value is -0.770. The van der Waals surface area contributed by atoms with Crippen LogP contribution in [0.3, 0.4) is 0 Å². The lowest BCUT2D eigenvalue weighted by Gasteiger charge is -2.11. The molecule has 3 nitrogen and oxygen atoms in total. The molecule has 0 heterocycles. The third-order valence-corrected chi connectivity index (χ3v) is 2.66. The highest BCUT2D eigenvalue weighted by Crippen LogP contribution is 2.32. The summed E-state index contributed by atoms with van der Waals surface area (Å²) < 4.78 is 0. The van der Waals surface area contributed by atoms with Gasteiger partial charge in [0.2, 0.25) is 0 Å². The van der Waals surface area contributed by atoms with Crippen molar-refractivity contribution in [2.45, 2.75) is 20.3 Å². The lowest BCUT2D eigenvalue weighted by molar-refractivity contribution is 0.140. The van der Waals surface area contributed by atoms with Crippen molar-refractivity contribution in [1.29, 1.82) is 0 Å². The van der Waals surface area contributed by atoms with E-state index in [2.05, 4.69) is 4.84 Å². The number of phenols is 1. The van der Waals surface area contributed by atoms with Crippen molar-refractivity contribution in [3.8, 4) is 5.75 Å². The Morgan fingerprint density at radius 3 is 2.71 bits per heavy atom. The first kappa shape index (κ1) is 11.3. The minimum atomic E-state index is 0.131. The number of rotatable bonds is 3. The van der Waals surface area contributed by atoms with E-state index in [1.807, 2.05) is 13.8 Å². The molecule has 1 aromatic rings. The number of aryl methyl sites for hydroxylation is 1. The zero-order valence-corrected chi connectivity index (χ0v) is 9.06.